The lowest BCUT2D eigenvalue weighted by molar-refractivity contribution is -0.0484. The molecule has 0 aliphatic carbocycles. The Morgan fingerprint density at radius 1 is 1.32 bits per heavy atom. The number of aromatic nitrogens is 4. The second kappa shape index (κ2) is 7.62. The van der Waals surface area contributed by atoms with Crippen LogP contribution in [-0.2, 0) is 17.7 Å². The van der Waals surface area contributed by atoms with Crippen molar-refractivity contribution in [2.45, 2.75) is 45.8 Å². The highest BCUT2D eigenvalue weighted by molar-refractivity contribution is 5.47. The molecular formula is C19H29N5O. The summed E-state index contributed by atoms with van der Waals surface area (Å²) in [6, 6.07) is 5.83. The Labute approximate surface area is 150 Å². The van der Waals surface area contributed by atoms with Gasteiger partial charge in [0.25, 0.3) is 0 Å². The number of nitrogens with zero attached hydrogens (tertiary/aromatic N) is 5. The van der Waals surface area contributed by atoms with E-state index in [0.29, 0.717) is 5.82 Å². The fourth-order valence-corrected chi connectivity index (χ4v) is 3.02. The van der Waals surface area contributed by atoms with Gasteiger partial charge < -0.3 is 9.64 Å². The molecule has 1 aliphatic rings. The van der Waals surface area contributed by atoms with E-state index in [1.54, 1.807) is 6.20 Å². The molecule has 3 heterocycles. The molecule has 2 aromatic heterocycles. The number of pyridine rings is 1. The maximum absolute atomic E-state index is 6.09. The zero-order chi connectivity index (χ0) is 17.9. The van der Waals surface area contributed by atoms with Gasteiger partial charge in [-0.05, 0) is 44.5 Å². The van der Waals surface area contributed by atoms with Crippen LogP contribution in [0.4, 0.5) is 0 Å². The Morgan fingerprint density at radius 3 is 2.80 bits per heavy atom. The molecule has 0 N–H and O–H groups in total. The molecule has 25 heavy (non-hydrogen) atoms. The summed E-state index contributed by atoms with van der Waals surface area (Å²) in [7, 11) is 4.14. The van der Waals surface area contributed by atoms with Crippen molar-refractivity contribution in [2.24, 2.45) is 5.41 Å². The Balaban J connectivity index is 1.77. The van der Waals surface area contributed by atoms with E-state index in [-0.39, 0.29) is 11.5 Å². The maximum Gasteiger partial charge on any atom is 0.200 e. The lowest BCUT2D eigenvalue weighted by atomic mass is 9.85. The molecule has 1 unspecified atom stereocenters. The normalized spacial score (nSPS) is 20.1. The summed E-state index contributed by atoms with van der Waals surface area (Å²) in [5.41, 5.74) is 1.10. The smallest absolute Gasteiger partial charge is 0.200 e. The van der Waals surface area contributed by atoms with Crippen LogP contribution in [0.1, 0.15) is 32.5 Å². The topological polar surface area (TPSA) is 56.1 Å². The summed E-state index contributed by atoms with van der Waals surface area (Å²) < 4.78 is 8.11. The predicted molar refractivity (Wildman–Crippen MR) is 98.3 cm³/mol. The third-order valence-corrected chi connectivity index (χ3v) is 4.66. The van der Waals surface area contributed by atoms with Gasteiger partial charge in [-0.1, -0.05) is 19.9 Å². The summed E-state index contributed by atoms with van der Waals surface area (Å²) in [5, 5.41) is 4.71. The van der Waals surface area contributed by atoms with Crippen molar-refractivity contribution >= 4 is 0 Å². The number of ether oxygens (including phenoxy) is 1. The monoisotopic (exact) mass is 343 g/mol. The maximum atomic E-state index is 6.09. The molecule has 136 valence electrons. The van der Waals surface area contributed by atoms with Crippen molar-refractivity contribution < 1.29 is 4.74 Å². The Hall–Kier alpha value is -1.79. The van der Waals surface area contributed by atoms with Crippen LogP contribution >= 0.6 is 0 Å². The third kappa shape index (κ3) is 4.86. The van der Waals surface area contributed by atoms with Crippen molar-refractivity contribution in [3.05, 3.63) is 30.2 Å². The van der Waals surface area contributed by atoms with Gasteiger partial charge >= 0.3 is 0 Å². The summed E-state index contributed by atoms with van der Waals surface area (Å²) in [6.07, 6.45) is 5.08. The lowest BCUT2D eigenvalue weighted by Gasteiger charge is -2.34. The lowest BCUT2D eigenvalue weighted by Crippen LogP contribution is -2.33. The molecule has 0 radical (unpaired) electrons. The summed E-state index contributed by atoms with van der Waals surface area (Å²) >= 11 is 0. The SMILES string of the molecule is CN(C)CCn1nc(-c2ccccn2)nc1CC1CCC(C)(C)CO1. The first kappa shape index (κ1) is 18.0. The van der Waals surface area contributed by atoms with E-state index in [9.17, 15) is 0 Å². The minimum atomic E-state index is 0.229. The van der Waals surface area contributed by atoms with Crippen molar-refractivity contribution in [3.8, 4) is 11.5 Å². The zero-order valence-electron chi connectivity index (χ0n) is 15.8. The van der Waals surface area contributed by atoms with Gasteiger partial charge in [0, 0.05) is 19.2 Å². The van der Waals surface area contributed by atoms with Crippen molar-refractivity contribution in [1.29, 1.82) is 0 Å². The molecule has 2 aromatic rings. The van der Waals surface area contributed by atoms with E-state index in [1.165, 1.54) is 6.42 Å². The zero-order valence-corrected chi connectivity index (χ0v) is 15.8. The molecule has 0 aromatic carbocycles. The highest BCUT2D eigenvalue weighted by Gasteiger charge is 2.29. The van der Waals surface area contributed by atoms with Gasteiger partial charge in [-0.2, -0.15) is 0 Å². The fourth-order valence-electron chi connectivity index (χ4n) is 3.02. The van der Waals surface area contributed by atoms with Crippen LogP contribution in [0.5, 0.6) is 0 Å². The number of rotatable bonds is 6. The Bertz CT molecular complexity index is 670. The number of hydrogen-bond acceptors (Lipinski definition) is 5. The molecule has 6 heteroatoms. The van der Waals surface area contributed by atoms with E-state index in [1.807, 2.05) is 22.9 Å². The average Bonchev–Trinajstić information content (AvgIpc) is 2.98. The molecule has 0 amide bonds. The first-order valence-electron chi connectivity index (χ1n) is 9.04. The van der Waals surface area contributed by atoms with Gasteiger partial charge in [0.1, 0.15) is 11.5 Å². The van der Waals surface area contributed by atoms with E-state index in [0.717, 1.165) is 44.1 Å². The molecule has 1 aliphatic heterocycles. The number of likely N-dealkylation sites (N-methyl/N-ethyl adjacent to an activating group) is 1. The van der Waals surface area contributed by atoms with E-state index in [4.69, 9.17) is 14.8 Å². The highest BCUT2D eigenvalue weighted by atomic mass is 16.5. The van der Waals surface area contributed by atoms with Gasteiger partial charge in [-0.25, -0.2) is 9.67 Å². The standard InChI is InChI=1S/C19H29N5O/c1-19(2)9-8-15(25-14-19)13-17-21-18(16-7-5-6-10-20-16)22-24(17)12-11-23(3)4/h5-7,10,15H,8-9,11-14H2,1-4H3. The first-order valence-corrected chi connectivity index (χ1v) is 9.04. The molecule has 0 saturated carbocycles. The van der Waals surface area contributed by atoms with Crippen molar-refractivity contribution in [2.75, 3.05) is 27.2 Å². The second-order valence-corrected chi connectivity index (χ2v) is 7.93. The molecule has 1 atom stereocenters. The molecule has 1 saturated heterocycles. The van der Waals surface area contributed by atoms with Gasteiger partial charge in [-0.15, -0.1) is 5.10 Å². The molecule has 0 spiro atoms. The average molecular weight is 343 g/mol. The minimum Gasteiger partial charge on any atom is -0.377 e. The molecule has 0 bridgehead atoms. The van der Waals surface area contributed by atoms with E-state index in [2.05, 4.69) is 37.8 Å². The number of hydrogen-bond donors (Lipinski definition) is 0. The van der Waals surface area contributed by atoms with Crippen LogP contribution in [-0.4, -0.2) is 58.0 Å². The molecule has 1 fully saturated rings. The van der Waals surface area contributed by atoms with Gasteiger partial charge in [0.15, 0.2) is 5.82 Å². The largest absolute Gasteiger partial charge is 0.377 e. The molecule has 3 rings (SSSR count). The summed E-state index contributed by atoms with van der Waals surface area (Å²) in [4.78, 5) is 11.3. The molecule has 6 nitrogen and oxygen atoms in total. The van der Waals surface area contributed by atoms with E-state index < -0.39 is 0 Å². The van der Waals surface area contributed by atoms with Gasteiger partial charge in [0.2, 0.25) is 0 Å². The van der Waals surface area contributed by atoms with Crippen LogP contribution < -0.4 is 0 Å². The fraction of sp³-hybridized carbons (Fsp3) is 0.632. The predicted octanol–water partition coefficient (Wildman–Crippen LogP) is 2.65. The Morgan fingerprint density at radius 2 is 2.16 bits per heavy atom. The quantitative estimate of drug-likeness (QED) is 0.807. The van der Waals surface area contributed by atoms with Gasteiger partial charge in [0.05, 0.1) is 19.3 Å². The van der Waals surface area contributed by atoms with Crippen LogP contribution in [0.15, 0.2) is 24.4 Å². The summed E-state index contributed by atoms with van der Waals surface area (Å²) in [5.74, 6) is 1.69. The summed E-state index contributed by atoms with van der Waals surface area (Å²) in [6.45, 7) is 7.09. The second-order valence-electron chi connectivity index (χ2n) is 7.93. The van der Waals surface area contributed by atoms with Crippen LogP contribution in [0.3, 0.4) is 0 Å². The first-order chi connectivity index (χ1) is 11.9. The minimum absolute atomic E-state index is 0.229. The Kier molecular flexibility index (Phi) is 5.49. The highest BCUT2D eigenvalue weighted by Crippen LogP contribution is 2.31. The van der Waals surface area contributed by atoms with Crippen LogP contribution in [0.25, 0.3) is 11.5 Å². The van der Waals surface area contributed by atoms with E-state index >= 15 is 0 Å². The van der Waals surface area contributed by atoms with Crippen LogP contribution in [0.2, 0.25) is 0 Å². The van der Waals surface area contributed by atoms with Crippen molar-refractivity contribution in [3.63, 3.8) is 0 Å². The van der Waals surface area contributed by atoms with Crippen LogP contribution in [0, 0.1) is 5.41 Å². The van der Waals surface area contributed by atoms with Gasteiger partial charge in [-0.3, -0.25) is 4.98 Å². The van der Waals surface area contributed by atoms with Crippen molar-refractivity contribution in [1.82, 2.24) is 24.6 Å². The third-order valence-electron chi connectivity index (χ3n) is 4.66. The molecular weight excluding hydrogens is 314 g/mol.